The average Bonchev–Trinajstić information content (AvgIpc) is 2.52. The molecule has 2 heteroatoms. The van der Waals surface area contributed by atoms with Gasteiger partial charge in [-0.1, -0.05) is 70.4 Å². The predicted molar refractivity (Wildman–Crippen MR) is 87.1 cm³/mol. The summed E-state index contributed by atoms with van der Waals surface area (Å²) in [6.07, 6.45) is 8.62. The molecule has 0 fully saturated rings. The molecule has 0 spiro atoms. The average molecular weight is 286 g/mol. The molecule has 0 heterocycles. The van der Waals surface area contributed by atoms with E-state index < -0.39 is 12.3 Å². The van der Waals surface area contributed by atoms with E-state index in [-0.39, 0.29) is 18.5 Å². The highest BCUT2D eigenvalue weighted by Gasteiger charge is 1.95. The van der Waals surface area contributed by atoms with Gasteiger partial charge in [-0.05, 0) is 32.1 Å². The van der Waals surface area contributed by atoms with Gasteiger partial charge in [0.1, 0.15) is 0 Å². The molecule has 0 atom stereocenters. The van der Waals surface area contributed by atoms with Crippen LogP contribution in [0.25, 0.3) is 0 Å². The van der Waals surface area contributed by atoms with E-state index in [4.69, 9.17) is 10.6 Å². The van der Waals surface area contributed by atoms with Gasteiger partial charge < -0.3 is 5.11 Å². The summed E-state index contributed by atoms with van der Waals surface area (Å²) >= 11 is 0. The van der Waals surface area contributed by atoms with E-state index in [2.05, 4.69) is 6.92 Å². The highest BCUT2D eigenvalue weighted by atomic mass is 16.4. The van der Waals surface area contributed by atoms with Crippen LogP contribution < -0.4 is 0 Å². The molecule has 0 saturated carbocycles. The molecule has 0 bridgehead atoms. The first-order valence-electron chi connectivity index (χ1n) is 10.2. The first-order valence-corrected chi connectivity index (χ1v) is 8.20. The van der Waals surface area contributed by atoms with Crippen molar-refractivity contribution in [3.63, 3.8) is 0 Å². The molecule has 0 unspecified atom stereocenters. The second-order valence-corrected chi connectivity index (χ2v) is 5.30. The zero-order valence-electron chi connectivity index (χ0n) is 17.0. The smallest absolute Gasteiger partial charge is 0.303 e. The zero-order chi connectivity index (χ0) is 18.4. The SMILES string of the molecule is [2H]/C(CCCCCCCC(=O)O)=C(\[2H])C([2H])([2H])CCCCCCC. The number of unbranched alkanes of at least 4 members (excludes halogenated alkanes) is 8. The molecule has 0 aliphatic rings. The molecule has 0 saturated heterocycles. The number of carboxylic acids is 1. The Morgan fingerprint density at radius 1 is 0.950 bits per heavy atom. The van der Waals surface area contributed by atoms with E-state index in [0.717, 1.165) is 51.4 Å². The summed E-state index contributed by atoms with van der Waals surface area (Å²) < 4.78 is 31.9. The van der Waals surface area contributed by atoms with Crippen LogP contribution in [0.1, 0.15) is 102 Å². The van der Waals surface area contributed by atoms with Gasteiger partial charge in [-0.2, -0.15) is 0 Å². The molecule has 118 valence electrons. The lowest BCUT2D eigenvalue weighted by atomic mass is 10.1. The Morgan fingerprint density at radius 2 is 1.55 bits per heavy atom. The molecule has 0 aromatic heterocycles. The third-order valence-corrected chi connectivity index (χ3v) is 3.27. The van der Waals surface area contributed by atoms with Crippen LogP contribution in [0.3, 0.4) is 0 Å². The van der Waals surface area contributed by atoms with Gasteiger partial charge in [0, 0.05) is 9.16 Å². The Bertz CT molecular complexity index is 381. The van der Waals surface area contributed by atoms with Crippen molar-refractivity contribution in [3.8, 4) is 0 Å². The van der Waals surface area contributed by atoms with Crippen molar-refractivity contribution < 1.29 is 15.4 Å². The first-order chi connectivity index (χ1) is 11.3. The molecule has 0 rings (SSSR count). The molecule has 0 aliphatic heterocycles. The fourth-order valence-corrected chi connectivity index (χ4v) is 2.02. The van der Waals surface area contributed by atoms with Crippen molar-refractivity contribution in [2.45, 2.75) is 96.8 Å². The number of allylic oxidation sites excluding steroid dienone is 2. The van der Waals surface area contributed by atoms with Crippen LogP contribution in [0.2, 0.25) is 0 Å². The summed E-state index contributed by atoms with van der Waals surface area (Å²) in [5.41, 5.74) is 0. The van der Waals surface area contributed by atoms with Gasteiger partial charge in [0.05, 0.1) is 2.74 Å². The van der Waals surface area contributed by atoms with Gasteiger partial charge in [0.15, 0.2) is 0 Å². The Kier molecular flexibility index (Phi) is 10.5. The summed E-state index contributed by atoms with van der Waals surface area (Å²) in [7, 11) is 0. The number of hydrogen-bond acceptors (Lipinski definition) is 1. The Morgan fingerprint density at radius 3 is 2.25 bits per heavy atom. The maximum Gasteiger partial charge on any atom is 0.303 e. The van der Waals surface area contributed by atoms with Crippen LogP contribution in [0, 0.1) is 0 Å². The van der Waals surface area contributed by atoms with Crippen LogP contribution in [-0.4, -0.2) is 11.1 Å². The monoisotopic (exact) mass is 286 g/mol. The fraction of sp³-hybridized carbons (Fsp3) is 0.833. The van der Waals surface area contributed by atoms with Crippen molar-refractivity contribution in [3.05, 3.63) is 12.1 Å². The molecule has 0 radical (unpaired) electrons. The molecular formula is C18H34O2. The van der Waals surface area contributed by atoms with Crippen LogP contribution in [0.5, 0.6) is 0 Å². The molecule has 0 amide bonds. The van der Waals surface area contributed by atoms with Gasteiger partial charge in [-0.3, -0.25) is 4.79 Å². The Labute approximate surface area is 131 Å². The van der Waals surface area contributed by atoms with Crippen molar-refractivity contribution in [1.29, 1.82) is 0 Å². The van der Waals surface area contributed by atoms with Crippen LogP contribution >= 0.6 is 0 Å². The normalized spacial score (nSPS) is 15.8. The molecule has 20 heavy (non-hydrogen) atoms. The van der Waals surface area contributed by atoms with Gasteiger partial charge in [-0.25, -0.2) is 0 Å². The number of carboxylic acid groups (broad SMARTS) is 1. The molecule has 2 nitrogen and oxygen atoms in total. The van der Waals surface area contributed by atoms with E-state index >= 15 is 0 Å². The standard InChI is InChI=1S/C18H34O2/c1-2-3-4-5-6-7-8-9-10-11-12-13-14-15-16-17-18(19)20/h9-10H,2-8,11-17H2,1H3,(H,19,20)/b10-9-/i8D2,9D,10D. The van der Waals surface area contributed by atoms with Gasteiger partial charge in [0.2, 0.25) is 0 Å². The minimum Gasteiger partial charge on any atom is -0.481 e. The minimum absolute atomic E-state index is 0.110. The second-order valence-electron chi connectivity index (χ2n) is 5.30. The lowest BCUT2D eigenvalue weighted by molar-refractivity contribution is -0.137. The predicted octanol–water partition coefficient (Wildman–Crippen LogP) is 6.11. The summed E-state index contributed by atoms with van der Waals surface area (Å²) in [6, 6.07) is -0.0528. The summed E-state index contributed by atoms with van der Waals surface area (Å²) in [4.78, 5) is 10.4. The zero-order valence-corrected chi connectivity index (χ0v) is 13.0. The number of carbonyl (C=O) groups is 1. The van der Waals surface area contributed by atoms with Crippen LogP contribution in [0.4, 0.5) is 0 Å². The highest BCUT2D eigenvalue weighted by molar-refractivity contribution is 5.66. The van der Waals surface area contributed by atoms with Gasteiger partial charge in [-0.15, -0.1) is 0 Å². The lowest BCUT2D eigenvalue weighted by Crippen LogP contribution is -1.93. The third kappa shape index (κ3) is 17.2. The number of hydrogen-bond donors (Lipinski definition) is 1. The summed E-state index contributed by atoms with van der Waals surface area (Å²) in [6.45, 7) is 2.14. The highest BCUT2D eigenvalue weighted by Crippen LogP contribution is 2.09. The maximum atomic E-state index is 10.4. The van der Waals surface area contributed by atoms with E-state index in [1.165, 1.54) is 6.42 Å². The van der Waals surface area contributed by atoms with E-state index in [9.17, 15) is 4.79 Å². The molecule has 0 aromatic rings. The summed E-state index contributed by atoms with van der Waals surface area (Å²) in [5.74, 6) is -0.762. The fourth-order valence-electron chi connectivity index (χ4n) is 2.02. The van der Waals surface area contributed by atoms with Crippen LogP contribution in [0.15, 0.2) is 12.1 Å². The molecule has 1 N–H and O–H groups in total. The van der Waals surface area contributed by atoms with Crippen LogP contribution in [-0.2, 0) is 4.79 Å². The first kappa shape index (κ1) is 12.9. The van der Waals surface area contributed by atoms with Crippen molar-refractivity contribution in [2.75, 3.05) is 0 Å². The number of aliphatic carboxylic acids is 1. The minimum atomic E-state index is -1.69. The van der Waals surface area contributed by atoms with E-state index in [1.807, 2.05) is 0 Å². The number of rotatable bonds is 15. The van der Waals surface area contributed by atoms with Crippen molar-refractivity contribution >= 4 is 5.97 Å². The molecule has 0 aliphatic carbocycles. The third-order valence-electron chi connectivity index (χ3n) is 3.27. The topological polar surface area (TPSA) is 37.3 Å². The van der Waals surface area contributed by atoms with Crippen molar-refractivity contribution in [2.24, 2.45) is 0 Å². The van der Waals surface area contributed by atoms with Crippen molar-refractivity contribution in [1.82, 2.24) is 0 Å². The van der Waals surface area contributed by atoms with E-state index in [1.54, 1.807) is 0 Å². The quantitative estimate of drug-likeness (QED) is 0.291. The Balaban J connectivity index is 4.00. The van der Waals surface area contributed by atoms with Gasteiger partial charge >= 0.3 is 5.97 Å². The molecule has 0 aromatic carbocycles. The summed E-state index contributed by atoms with van der Waals surface area (Å²) in [5, 5.41) is 8.54. The van der Waals surface area contributed by atoms with Gasteiger partial charge in [0.25, 0.3) is 0 Å². The molecular weight excluding hydrogens is 248 g/mol. The lowest BCUT2D eigenvalue weighted by Gasteiger charge is -1.99. The largest absolute Gasteiger partial charge is 0.481 e. The second kappa shape index (κ2) is 16.3. The maximum absolute atomic E-state index is 10.4. The Hall–Kier alpha value is -0.790. The van der Waals surface area contributed by atoms with E-state index in [0.29, 0.717) is 19.3 Å².